The molecule has 1 saturated heterocycles. The van der Waals surface area contributed by atoms with Gasteiger partial charge in [-0.1, -0.05) is 0 Å². The second-order valence-corrected chi connectivity index (χ2v) is 8.50. The van der Waals surface area contributed by atoms with Crippen LogP contribution in [0.25, 0.3) is 5.76 Å². The van der Waals surface area contributed by atoms with E-state index in [0.29, 0.717) is 41.5 Å². The Labute approximate surface area is 197 Å². The van der Waals surface area contributed by atoms with E-state index in [1.54, 1.807) is 55.5 Å². The van der Waals surface area contributed by atoms with Gasteiger partial charge in [-0.3, -0.25) is 14.5 Å². The van der Waals surface area contributed by atoms with E-state index in [-0.39, 0.29) is 17.4 Å². The fourth-order valence-corrected chi connectivity index (χ4v) is 4.56. The van der Waals surface area contributed by atoms with Crippen LogP contribution in [0.3, 0.4) is 0 Å². The van der Waals surface area contributed by atoms with Crippen LogP contribution < -0.4 is 14.4 Å². The molecule has 174 valence electrons. The first-order valence-corrected chi connectivity index (χ1v) is 11.3. The van der Waals surface area contributed by atoms with Crippen LogP contribution in [0.2, 0.25) is 0 Å². The van der Waals surface area contributed by atoms with Crippen molar-refractivity contribution in [3.8, 4) is 11.5 Å². The standard InChI is InChI=1S/C27H25NO6/c1-4-32-20-9-7-19(8-10-20)28-24(22-11-5-15(2)33-22)23(26(30)27(28)31)25(29)17-6-12-21-18(14-17)13-16(3)34-21/h5-12,14,16,24,29H,4,13H2,1-3H3/b25-23-. The van der Waals surface area contributed by atoms with Gasteiger partial charge in [-0.2, -0.15) is 0 Å². The molecule has 34 heavy (non-hydrogen) atoms. The number of ether oxygens (including phenoxy) is 2. The number of amides is 1. The molecule has 2 unspecified atom stereocenters. The normalized spacial score (nSPS) is 21.0. The van der Waals surface area contributed by atoms with Gasteiger partial charge in [0.15, 0.2) is 0 Å². The van der Waals surface area contributed by atoms with Crippen molar-refractivity contribution in [1.29, 1.82) is 0 Å². The summed E-state index contributed by atoms with van der Waals surface area (Å²) in [5, 5.41) is 11.3. The zero-order valence-corrected chi connectivity index (χ0v) is 19.2. The Morgan fingerprint density at radius 2 is 1.88 bits per heavy atom. The van der Waals surface area contributed by atoms with Gasteiger partial charge in [0.2, 0.25) is 0 Å². The number of aliphatic hydroxyl groups is 1. The van der Waals surface area contributed by atoms with Crippen LogP contribution in [0.1, 0.15) is 42.5 Å². The van der Waals surface area contributed by atoms with Gasteiger partial charge in [0.05, 0.1) is 12.2 Å². The lowest BCUT2D eigenvalue weighted by Crippen LogP contribution is -2.29. The maximum atomic E-state index is 13.2. The molecule has 3 heterocycles. The Morgan fingerprint density at radius 1 is 1.12 bits per heavy atom. The van der Waals surface area contributed by atoms with Gasteiger partial charge < -0.3 is 19.0 Å². The van der Waals surface area contributed by atoms with Crippen LogP contribution in [0, 0.1) is 6.92 Å². The summed E-state index contributed by atoms with van der Waals surface area (Å²) in [4.78, 5) is 27.8. The zero-order chi connectivity index (χ0) is 24.0. The molecule has 0 radical (unpaired) electrons. The van der Waals surface area contributed by atoms with Crippen LogP contribution in [0.15, 0.2) is 64.6 Å². The number of hydrogen-bond donors (Lipinski definition) is 1. The molecule has 0 aliphatic carbocycles. The van der Waals surface area contributed by atoms with E-state index in [4.69, 9.17) is 13.9 Å². The van der Waals surface area contributed by atoms with Crippen molar-refractivity contribution < 1.29 is 28.6 Å². The van der Waals surface area contributed by atoms with Crippen LogP contribution in [0.5, 0.6) is 11.5 Å². The van der Waals surface area contributed by atoms with Gasteiger partial charge in [0.1, 0.15) is 40.9 Å². The fourth-order valence-electron chi connectivity index (χ4n) is 4.56. The van der Waals surface area contributed by atoms with Crippen molar-refractivity contribution in [3.63, 3.8) is 0 Å². The van der Waals surface area contributed by atoms with Gasteiger partial charge in [0, 0.05) is 17.7 Å². The molecule has 5 rings (SSSR count). The second kappa shape index (κ2) is 8.41. The monoisotopic (exact) mass is 459 g/mol. The minimum absolute atomic E-state index is 0.0138. The van der Waals surface area contributed by atoms with Crippen LogP contribution >= 0.6 is 0 Å². The summed E-state index contributed by atoms with van der Waals surface area (Å²) in [6.45, 7) is 6.16. The number of anilines is 1. The predicted octanol–water partition coefficient (Wildman–Crippen LogP) is 4.94. The van der Waals surface area contributed by atoms with E-state index in [1.165, 1.54) is 4.90 Å². The minimum Gasteiger partial charge on any atom is -0.507 e. The SMILES string of the molecule is CCOc1ccc(N2C(=O)C(=O)/C(=C(\O)c3ccc4c(c3)CC(C)O4)C2c2ccc(C)o2)cc1. The van der Waals surface area contributed by atoms with Crippen LogP contribution in [-0.2, 0) is 16.0 Å². The zero-order valence-electron chi connectivity index (χ0n) is 19.2. The molecule has 7 nitrogen and oxygen atoms in total. The minimum atomic E-state index is -0.907. The Bertz CT molecular complexity index is 1300. The highest BCUT2D eigenvalue weighted by Crippen LogP contribution is 2.43. The number of carbonyl (C=O) groups excluding carboxylic acids is 2. The van der Waals surface area contributed by atoms with Gasteiger partial charge in [-0.25, -0.2) is 0 Å². The van der Waals surface area contributed by atoms with Crippen LogP contribution in [-0.4, -0.2) is 29.5 Å². The van der Waals surface area contributed by atoms with Crippen molar-refractivity contribution >= 4 is 23.1 Å². The number of aryl methyl sites for hydroxylation is 1. The third-order valence-electron chi connectivity index (χ3n) is 6.07. The lowest BCUT2D eigenvalue weighted by molar-refractivity contribution is -0.132. The summed E-state index contributed by atoms with van der Waals surface area (Å²) in [6, 6.07) is 14.8. The molecule has 2 aliphatic heterocycles. The second-order valence-electron chi connectivity index (χ2n) is 8.50. The number of nitrogens with zero attached hydrogens (tertiary/aromatic N) is 1. The third kappa shape index (κ3) is 3.63. The summed E-state index contributed by atoms with van der Waals surface area (Å²) in [6.07, 6.45) is 0.751. The van der Waals surface area contributed by atoms with Crippen molar-refractivity contribution in [2.75, 3.05) is 11.5 Å². The van der Waals surface area contributed by atoms with E-state index in [1.807, 2.05) is 19.9 Å². The molecular formula is C27H25NO6. The van der Waals surface area contributed by atoms with E-state index in [9.17, 15) is 14.7 Å². The molecule has 0 spiro atoms. The van der Waals surface area contributed by atoms with Crippen molar-refractivity contribution in [3.05, 3.63) is 82.8 Å². The van der Waals surface area contributed by atoms with E-state index >= 15 is 0 Å². The maximum Gasteiger partial charge on any atom is 0.300 e. The number of aliphatic hydroxyl groups excluding tert-OH is 1. The molecule has 1 fully saturated rings. The smallest absolute Gasteiger partial charge is 0.300 e. The molecule has 2 aromatic carbocycles. The first-order chi connectivity index (χ1) is 16.4. The van der Waals surface area contributed by atoms with E-state index < -0.39 is 17.7 Å². The number of benzene rings is 2. The first-order valence-electron chi connectivity index (χ1n) is 11.3. The summed E-state index contributed by atoms with van der Waals surface area (Å²) in [7, 11) is 0. The van der Waals surface area contributed by atoms with Gasteiger partial charge in [-0.15, -0.1) is 0 Å². The Morgan fingerprint density at radius 3 is 2.56 bits per heavy atom. The Hall–Kier alpha value is -4.00. The molecule has 1 aromatic heterocycles. The predicted molar refractivity (Wildman–Crippen MR) is 126 cm³/mol. The van der Waals surface area contributed by atoms with Crippen molar-refractivity contribution in [2.45, 2.75) is 39.3 Å². The lowest BCUT2D eigenvalue weighted by Gasteiger charge is -2.23. The largest absolute Gasteiger partial charge is 0.507 e. The first kappa shape index (κ1) is 21.8. The number of ketones is 1. The molecule has 1 N–H and O–H groups in total. The average molecular weight is 459 g/mol. The number of rotatable bonds is 5. The number of fused-ring (bicyclic) bond motifs is 1. The topological polar surface area (TPSA) is 89.2 Å². The summed E-state index contributed by atoms with van der Waals surface area (Å²) in [5.74, 6) is 0.702. The maximum absolute atomic E-state index is 13.2. The number of Topliss-reactive ketones (excluding diaryl/α,β-unsaturated/α-hetero) is 1. The highest BCUT2D eigenvalue weighted by atomic mass is 16.5. The molecule has 7 heteroatoms. The number of furan rings is 1. The highest BCUT2D eigenvalue weighted by Gasteiger charge is 2.48. The third-order valence-corrected chi connectivity index (χ3v) is 6.07. The molecule has 1 amide bonds. The average Bonchev–Trinajstić information content (AvgIpc) is 3.49. The van der Waals surface area contributed by atoms with Gasteiger partial charge in [0.25, 0.3) is 11.7 Å². The van der Waals surface area contributed by atoms with Gasteiger partial charge >= 0.3 is 0 Å². The molecule has 3 aromatic rings. The van der Waals surface area contributed by atoms with Gasteiger partial charge in [-0.05, 0) is 80.9 Å². The molecule has 2 aliphatic rings. The summed E-state index contributed by atoms with van der Waals surface area (Å²) in [5.41, 5.74) is 1.89. The van der Waals surface area contributed by atoms with Crippen molar-refractivity contribution in [1.82, 2.24) is 0 Å². The van der Waals surface area contributed by atoms with Crippen molar-refractivity contribution in [2.24, 2.45) is 0 Å². The molecule has 0 saturated carbocycles. The summed E-state index contributed by atoms with van der Waals surface area (Å²) < 4.78 is 17.1. The highest BCUT2D eigenvalue weighted by molar-refractivity contribution is 6.51. The van der Waals surface area contributed by atoms with Crippen LogP contribution in [0.4, 0.5) is 5.69 Å². The lowest BCUT2D eigenvalue weighted by atomic mass is 9.97. The fraction of sp³-hybridized carbons (Fsp3) is 0.259. The summed E-state index contributed by atoms with van der Waals surface area (Å²) >= 11 is 0. The molecular weight excluding hydrogens is 434 g/mol. The Kier molecular flexibility index (Phi) is 5.40. The Balaban J connectivity index is 1.63. The quantitative estimate of drug-likeness (QED) is 0.330. The van der Waals surface area contributed by atoms with E-state index in [2.05, 4.69) is 0 Å². The van der Waals surface area contributed by atoms with E-state index in [0.717, 1.165) is 11.3 Å². The molecule has 0 bridgehead atoms. The number of carbonyl (C=O) groups is 2. The molecule has 2 atom stereocenters. The number of hydrogen-bond acceptors (Lipinski definition) is 6.